The summed E-state index contributed by atoms with van der Waals surface area (Å²) in [5.41, 5.74) is 1.22. The molecule has 26 heavy (non-hydrogen) atoms. The van der Waals surface area contributed by atoms with Gasteiger partial charge in [-0.3, -0.25) is 9.88 Å². The summed E-state index contributed by atoms with van der Waals surface area (Å²) in [6.45, 7) is 4.84. The molecule has 0 saturated carbocycles. The average molecular weight is 351 g/mol. The van der Waals surface area contributed by atoms with Crippen molar-refractivity contribution in [2.75, 3.05) is 31.1 Å². The van der Waals surface area contributed by atoms with Gasteiger partial charge in [0.1, 0.15) is 5.75 Å². The second-order valence-corrected chi connectivity index (χ2v) is 6.17. The third kappa shape index (κ3) is 4.18. The molecule has 2 aromatic heterocycles. The van der Waals surface area contributed by atoms with Gasteiger partial charge in [-0.1, -0.05) is 23.4 Å². The third-order valence-corrected chi connectivity index (χ3v) is 4.38. The molecule has 0 bridgehead atoms. The van der Waals surface area contributed by atoms with Gasteiger partial charge in [0.25, 0.3) is 0 Å². The summed E-state index contributed by atoms with van der Waals surface area (Å²) in [4.78, 5) is 13.2. The number of rotatable bonds is 6. The van der Waals surface area contributed by atoms with Crippen LogP contribution in [0.25, 0.3) is 0 Å². The quantitative estimate of drug-likeness (QED) is 0.675. The highest BCUT2D eigenvalue weighted by atomic mass is 16.5. The molecular formula is C19H21N5O2. The lowest BCUT2D eigenvalue weighted by molar-refractivity contribution is 0.214. The standard InChI is InChI=1S/C19H21N5O2/c1-2-4-17(5-3-1)25-15-18-21-19(26-22-18)14-23-10-12-24(13-11-23)16-6-8-20-9-7-16/h1-9H,10-15H2. The first-order valence-electron chi connectivity index (χ1n) is 8.73. The van der Waals surface area contributed by atoms with E-state index < -0.39 is 0 Å². The molecule has 1 fully saturated rings. The number of benzene rings is 1. The van der Waals surface area contributed by atoms with Crippen molar-refractivity contribution in [2.45, 2.75) is 13.2 Å². The third-order valence-electron chi connectivity index (χ3n) is 4.38. The van der Waals surface area contributed by atoms with Crippen LogP contribution in [-0.4, -0.2) is 46.2 Å². The summed E-state index contributed by atoms with van der Waals surface area (Å²) in [5, 5.41) is 4.00. The lowest BCUT2D eigenvalue weighted by Crippen LogP contribution is -2.46. The Morgan fingerprint density at radius 2 is 1.73 bits per heavy atom. The maximum Gasteiger partial charge on any atom is 0.240 e. The SMILES string of the molecule is c1ccc(OCc2noc(CN3CCN(c4ccncc4)CC3)n2)cc1. The van der Waals surface area contributed by atoms with Crippen molar-refractivity contribution in [1.82, 2.24) is 20.0 Å². The van der Waals surface area contributed by atoms with Crippen molar-refractivity contribution in [1.29, 1.82) is 0 Å². The van der Waals surface area contributed by atoms with E-state index in [1.165, 1.54) is 5.69 Å². The molecular weight excluding hydrogens is 330 g/mol. The molecule has 4 rings (SSSR count). The van der Waals surface area contributed by atoms with Gasteiger partial charge in [0, 0.05) is 44.3 Å². The predicted octanol–water partition coefficient (Wildman–Crippen LogP) is 2.37. The van der Waals surface area contributed by atoms with Crippen LogP contribution in [0.5, 0.6) is 5.75 Å². The van der Waals surface area contributed by atoms with E-state index in [-0.39, 0.29) is 0 Å². The number of aromatic nitrogens is 3. The molecule has 7 heteroatoms. The van der Waals surface area contributed by atoms with E-state index in [1.54, 1.807) is 0 Å². The van der Waals surface area contributed by atoms with Gasteiger partial charge >= 0.3 is 0 Å². The molecule has 3 aromatic rings. The number of para-hydroxylation sites is 1. The normalized spacial score (nSPS) is 15.2. The van der Waals surface area contributed by atoms with Crippen LogP contribution in [0.2, 0.25) is 0 Å². The number of pyridine rings is 1. The molecule has 0 amide bonds. The fraction of sp³-hybridized carbons (Fsp3) is 0.316. The lowest BCUT2D eigenvalue weighted by Gasteiger charge is -2.35. The van der Waals surface area contributed by atoms with Crippen molar-refractivity contribution >= 4 is 5.69 Å². The minimum atomic E-state index is 0.309. The zero-order valence-electron chi connectivity index (χ0n) is 14.5. The summed E-state index contributed by atoms with van der Waals surface area (Å²) in [6.07, 6.45) is 3.67. The van der Waals surface area contributed by atoms with Crippen LogP contribution in [0.1, 0.15) is 11.7 Å². The van der Waals surface area contributed by atoms with Gasteiger partial charge in [0.15, 0.2) is 6.61 Å². The van der Waals surface area contributed by atoms with E-state index in [1.807, 2.05) is 54.9 Å². The van der Waals surface area contributed by atoms with Gasteiger partial charge in [-0.2, -0.15) is 4.98 Å². The zero-order chi connectivity index (χ0) is 17.6. The fourth-order valence-electron chi connectivity index (χ4n) is 2.99. The van der Waals surface area contributed by atoms with Gasteiger partial charge in [-0.25, -0.2) is 0 Å². The van der Waals surface area contributed by atoms with Gasteiger partial charge in [0.05, 0.1) is 6.54 Å². The number of hydrogen-bond acceptors (Lipinski definition) is 7. The smallest absolute Gasteiger partial charge is 0.240 e. The number of hydrogen-bond donors (Lipinski definition) is 0. The lowest BCUT2D eigenvalue weighted by atomic mass is 10.2. The molecule has 0 aliphatic carbocycles. The van der Waals surface area contributed by atoms with Crippen molar-refractivity contribution in [3.05, 3.63) is 66.6 Å². The van der Waals surface area contributed by atoms with Crippen LogP contribution in [0.4, 0.5) is 5.69 Å². The van der Waals surface area contributed by atoms with E-state index in [0.717, 1.165) is 31.9 Å². The topological polar surface area (TPSA) is 67.5 Å². The van der Waals surface area contributed by atoms with Gasteiger partial charge in [-0.05, 0) is 24.3 Å². The minimum absolute atomic E-state index is 0.309. The highest BCUT2D eigenvalue weighted by Crippen LogP contribution is 2.16. The molecule has 7 nitrogen and oxygen atoms in total. The fourth-order valence-corrected chi connectivity index (χ4v) is 2.99. The van der Waals surface area contributed by atoms with Gasteiger partial charge < -0.3 is 14.2 Å². The van der Waals surface area contributed by atoms with E-state index >= 15 is 0 Å². The molecule has 0 N–H and O–H groups in total. The number of piperazine rings is 1. The first-order valence-corrected chi connectivity index (χ1v) is 8.73. The Bertz CT molecular complexity index is 801. The van der Waals surface area contributed by atoms with E-state index in [2.05, 4.69) is 24.9 Å². The predicted molar refractivity (Wildman–Crippen MR) is 96.8 cm³/mol. The largest absolute Gasteiger partial charge is 0.485 e. The molecule has 1 aliphatic heterocycles. The highest BCUT2D eigenvalue weighted by Gasteiger charge is 2.19. The van der Waals surface area contributed by atoms with Crippen LogP contribution < -0.4 is 9.64 Å². The minimum Gasteiger partial charge on any atom is -0.485 e. The number of nitrogens with zero attached hydrogens (tertiary/aromatic N) is 5. The van der Waals surface area contributed by atoms with E-state index in [0.29, 0.717) is 24.9 Å². The van der Waals surface area contributed by atoms with Crippen molar-refractivity contribution in [2.24, 2.45) is 0 Å². The molecule has 3 heterocycles. The van der Waals surface area contributed by atoms with Crippen molar-refractivity contribution in [3.63, 3.8) is 0 Å². The molecule has 1 saturated heterocycles. The molecule has 0 atom stereocenters. The second kappa shape index (κ2) is 7.97. The molecule has 1 aliphatic rings. The number of anilines is 1. The summed E-state index contributed by atoms with van der Waals surface area (Å²) in [5.74, 6) is 2.00. The van der Waals surface area contributed by atoms with Crippen molar-refractivity contribution < 1.29 is 9.26 Å². The Labute approximate surface area is 152 Å². The van der Waals surface area contributed by atoms with Crippen LogP contribution in [0.15, 0.2) is 59.4 Å². The Morgan fingerprint density at radius 3 is 2.50 bits per heavy atom. The monoisotopic (exact) mass is 351 g/mol. The maximum atomic E-state index is 5.65. The summed E-state index contributed by atoms with van der Waals surface area (Å²) < 4.78 is 11.0. The highest BCUT2D eigenvalue weighted by molar-refractivity contribution is 5.44. The van der Waals surface area contributed by atoms with Gasteiger partial charge in [0.2, 0.25) is 11.7 Å². The van der Waals surface area contributed by atoms with Crippen LogP contribution in [-0.2, 0) is 13.2 Å². The van der Waals surface area contributed by atoms with E-state index in [4.69, 9.17) is 9.26 Å². The maximum absolute atomic E-state index is 5.65. The van der Waals surface area contributed by atoms with Crippen LogP contribution in [0.3, 0.4) is 0 Å². The molecule has 1 aromatic carbocycles. The molecule has 0 radical (unpaired) electrons. The van der Waals surface area contributed by atoms with Crippen molar-refractivity contribution in [3.8, 4) is 5.75 Å². The Balaban J connectivity index is 1.26. The zero-order valence-corrected chi connectivity index (χ0v) is 14.5. The first-order chi connectivity index (χ1) is 12.9. The summed E-state index contributed by atoms with van der Waals surface area (Å²) in [6, 6.07) is 13.7. The Hall–Kier alpha value is -2.93. The molecule has 0 unspecified atom stereocenters. The Kier molecular flexibility index (Phi) is 5.07. The summed E-state index contributed by atoms with van der Waals surface area (Å²) in [7, 11) is 0. The molecule has 0 spiro atoms. The summed E-state index contributed by atoms with van der Waals surface area (Å²) >= 11 is 0. The Morgan fingerprint density at radius 1 is 0.962 bits per heavy atom. The average Bonchev–Trinajstić information content (AvgIpc) is 3.16. The van der Waals surface area contributed by atoms with E-state index in [9.17, 15) is 0 Å². The number of ether oxygens (including phenoxy) is 1. The van der Waals surface area contributed by atoms with Crippen LogP contribution in [0, 0.1) is 0 Å². The van der Waals surface area contributed by atoms with Crippen LogP contribution >= 0.6 is 0 Å². The first kappa shape index (κ1) is 16.5. The molecule has 134 valence electrons. The second-order valence-electron chi connectivity index (χ2n) is 6.17. The van der Waals surface area contributed by atoms with Gasteiger partial charge in [-0.15, -0.1) is 0 Å².